The molecule has 0 amide bonds. The molecule has 5 nitrogen and oxygen atoms in total. The van der Waals surface area contributed by atoms with Gasteiger partial charge in [-0.3, -0.25) is 4.90 Å². The molecule has 1 aliphatic rings. The van der Waals surface area contributed by atoms with Crippen LogP contribution in [-0.4, -0.2) is 47.6 Å². The number of para-hydroxylation sites is 1. The van der Waals surface area contributed by atoms with Gasteiger partial charge >= 0.3 is 0 Å². The number of nitrogens with zero attached hydrogens (tertiary/aromatic N) is 4. The quantitative estimate of drug-likeness (QED) is 0.525. The first kappa shape index (κ1) is 17.2. The highest BCUT2D eigenvalue weighted by Gasteiger charge is 2.24. The van der Waals surface area contributed by atoms with Crippen molar-refractivity contribution >= 4 is 27.9 Å². The summed E-state index contributed by atoms with van der Waals surface area (Å²) in [6.45, 7) is 7.42. The predicted molar refractivity (Wildman–Crippen MR) is 114 cm³/mol. The fraction of sp³-hybridized carbons (Fsp3) is 0.304. The Balaban J connectivity index is 1.64. The number of benzene rings is 2. The third kappa shape index (κ3) is 3.02. The van der Waals surface area contributed by atoms with Crippen LogP contribution in [0, 0.1) is 0 Å². The molecule has 28 heavy (non-hydrogen) atoms. The minimum atomic E-state index is 0.755. The lowest BCUT2D eigenvalue weighted by atomic mass is 10.2. The van der Waals surface area contributed by atoms with E-state index < -0.39 is 0 Å². The van der Waals surface area contributed by atoms with E-state index in [9.17, 15) is 0 Å². The third-order valence-electron chi connectivity index (χ3n) is 5.45. The maximum absolute atomic E-state index is 6.22. The van der Waals surface area contributed by atoms with Crippen LogP contribution in [-0.2, 0) is 0 Å². The summed E-state index contributed by atoms with van der Waals surface area (Å²) >= 11 is 0. The number of hydrogen-bond acceptors (Lipinski definition) is 5. The number of aromatic nitrogens is 2. The van der Waals surface area contributed by atoms with Crippen LogP contribution in [0.2, 0.25) is 0 Å². The van der Waals surface area contributed by atoms with Gasteiger partial charge in [-0.15, -0.1) is 0 Å². The average Bonchev–Trinajstić information content (AvgIpc) is 3.13. The molecule has 1 saturated heterocycles. The first-order chi connectivity index (χ1) is 13.8. The van der Waals surface area contributed by atoms with Crippen molar-refractivity contribution in [2.45, 2.75) is 13.3 Å². The lowest BCUT2D eigenvalue weighted by molar-refractivity contribution is 0.258. The highest BCUT2D eigenvalue weighted by molar-refractivity contribution is 6.06. The van der Waals surface area contributed by atoms with Gasteiger partial charge in [0.05, 0.1) is 0 Å². The minimum Gasteiger partial charge on any atom is -0.450 e. The number of furan rings is 1. The second kappa shape index (κ2) is 7.24. The van der Waals surface area contributed by atoms with Gasteiger partial charge in [0.25, 0.3) is 0 Å². The second-order valence-electron chi connectivity index (χ2n) is 7.34. The molecule has 1 fully saturated rings. The van der Waals surface area contributed by atoms with Crippen molar-refractivity contribution in [1.29, 1.82) is 0 Å². The van der Waals surface area contributed by atoms with E-state index in [2.05, 4.69) is 34.9 Å². The maximum atomic E-state index is 6.22. The average molecular weight is 372 g/mol. The van der Waals surface area contributed by atoms with Crippen molar-refractivity contribution in [3.63, 3.8) is 0 Å². The second-order valence-corrected chi connectivity index (χ2v) is 7.34. The van der Waals surface area contributed by atoms with Gasteiger partial charge in [0, 0.05) is 37.1 Å². The zero-order chi connectivity index (χ0) is 18.9. The van der Waals surface area contributed by atoms with Crippen LogP contribution in [0.1, 0.15) is 13.3 Å². The zero-order valence-corrected chi connectivity index (χ0v) is 16.1. The van der Waals surface area contributed by atoms with E-state index in [1.54, 1.807) is 0 Å². The Morgan fingerprint density at radius 1 is 0.893 bits per heavy atom. The number of fused-ring (bicyclic) bond motifs is 3. The van der Waals surface area contributed by atoms with Crippen molar-refractivity contribution in [2.24, 2.45) is 0 Å². The minimum absolute atomic E-state index is 0.755. The Bertz CT molecular complexity index is 1100. The SMILES string of the molecule is CCCN1CCN(c2nc(-c3ccccc3)nc3c2oc2ccccc23)CC1. The fourth-order valence-electron chi connectivity index (χ4n) is 4.01. The highest BCUT2D eigenvalue weighted by atomic mass is 16.3. The van der Waals surface area contributed by atoms with Crippen LogP contribution >= 0.6 is 0 Å². The topological polar surface area (TPSA) is 45.4 Å². The standard InChI is InChI=1S/C23H24N4O/c1-2-12-26-13-15-27(16-14-26)23-21-20(18-10-6-7-11-19(18)28-21)24-22(25-23)17-8-4-3-5-9-17/h3-11H,2,12-16H2,1H3. The fourth-order valence-corrected chi connectivity index (χ4v) is 4.01. The van der Waals surface area contributed by atoms with E-state index in [4.69, 9.17) is 14.4 Å². The normalized spacial score (nSPS) is 15.5. The van der Waals surface area contributed by atoms with Gasteiger partial charge in [-0.1, -0.05) is 49.4 Å². The molecule has 0 spiro atoms. The van der Waals surface area contributed by atoms with Crippen molar-refractivity contribution in [2.75, 3.05) is 37.6 Å². The molecular formula is C23H24N4O. The molecule has 0 N–H and O–H groups in total. The van der Waals surface area contributed by atoms with E-state index >= 15 is 0 Å². The molecule has 4 aromatic rings. The van der Waals surface area contributed by atoms with E-state index in [1.165, 1.54) is 6.42 Å². The Labute approximate surface area is 164 Å². The summed E-state index contributed by atoms with van der Waals surface area (Å²) in [6, 6.07) is 18.3. The smallest absolute Gasteiger partial charge is 0.196 e. The van der Waals surface area contributed by atoms with E-state index in [1.807, 2.05) is 36.4 Å². The Morgan fingerprint density at radius 2 is 1.64 bits per heavy atom. The largest absolute Gasteiger partial charge is 0.450 e. The van der Waals surface area contributed by atoms with Gasteiger partial charge in [-0.25, -0.2) is 9.97 Å². The molecule has 2 aromatic heterocycles. The van der Waals surface area contributed by atoms with Crippen LogP contribution in [0.4, 0.5) is 5.82 Å². The summed E-state index contributed by atoms with van der Waals surface area (Å²) in [7, 11) is 0. The summed E-state index contributed by atoms with van der Waals surface area (Å²) < 4.78 is 6.22. The van der Waals surface area contributed by atoms with Crippen LogP contribution in [0.15, 0.2) is 59.0 Å². The number of hydrogen-bond donors (Lipinski definition) is 0. The number of piperazine rings is 1. The third-order valence-corrected chi connectivity index (χ3v) is 5.45. The van der Waals surface area contributed by atoms with Crippen molar-refractivity contribution in [3.8, 4) is 11.4 Å². The molecule has 3 heterocycles. The van der Waals surface area contributed by atoms with Gasteiger partial charge in [-0.2, -0.15) is 0 Å². The van der Waals surface area contributed by atoms with Crippen LogP contribution in [0.25, 0.3) is 33.5 Å². The maximum Gasteiger partial charge on any atom is 0.196 e. The molecule has 5 heteroatoms. The zero-order valence-electron chi connectivity index (χ0n) is 16.1. The molecule has 142 valence electrons. The van der Waals surface area contributed by atoms with Gasteiger partial charge in [0.15, 0.2) is 17.2 Å². The molecule has 5 rings (SSSR count). The predicted octanol–water partition coefficient (Wildman–Crippen LogP) is 4.58. The summed E-state index contributed by atoms with van der Waals surface area (Å²) in [6.07, 6.45) is 1.19. The first-order valence-electron chi connectivity index (χ1n) is 10.1. The van der Waals surface area contributed by atoms with Gasteiger partial charge in [-0.05, 0) is 25.1 Å². The van der Waals surface area contributed by atoms with Crippen LogP contribution < -0.4 is 4.90 Å². The van der Waals surface area contributed by atoms with Gasteiger partial charge < -0.3 is 9.32 Å². The molecule has 0 atom stereocenters. The van der Waals surface area contributed by atoms with E-state index in [0.29, 0.717) is 0 Å². The Kier molecular flexibility index (Phi) is 4.45. The first-order valence-corrected chi connectivity index (χ1v) is 10.1. The molecule has 0 radical (unpaired) electrons. The Hall–Kier alpha value is -2.92. The van der Waals surface area contributed by atoms with E-state index in [-0.39, 0.29) is 0 Å². The molecule has 2 aromatic carbocycles. The van der Waals surface area contributed by atoms with Crippen molar-refractivity contribution in [3.05, 3.63) is 54.6 Å². The van der Waals surface area contributed by atoms with Gasteiger partial charge in [0.1, 0.15) is 11.1 Å². The van der Waals surface area contributed by atoms with Crippen LogP contribution in [0.5, 0.6) is 0 Å². The molecule has 0 bridgehead atoms. The summed E-state index contributed by atoms with van der Waals surface area (Å²) in [5.41, 5.74) is 3.59. The molecule has 0 unspecified atom stereocenters. The van der Waals surface area contributed by atoms with Crippen molar-refractivity contribution < 1.29 is 4.42 Å². The van der Waals surface area contributed by atoms with Crippen molar-refractivity contribution in [1.82, 2.24) is 14.9 Å². The monoisotopic (exact) mass is 372 g/mol. The Morgan fingerprint density at radius 3 is 2.43 bits per heavy atom. The highest BCUT2D eigenvalue weighted by Crippen LogP contribution is 2.35. The number of anilines is 1. The van der Waals surface area contributed by atoms with E-state index in [0.717, 1.165) is 72.0 Å². The molecular weight excluding hydrogens is 348 g/mol. The van der Waals surface area contributed by atoms with Crippen LogP contribution in [0.3, 0.4) is 0 Å². The summed E-state index contributed by atoms with van der Waals surface area (Å²) in [5, 5.41) is 1.04. The molecule has 0 aliphatic carbocycles. The lowest BCUT2D eigenvalue weighted by Gasteiger charge is -2.35. The molecule has 1 aliphatic heterocycles. The molecule has 0 saturated carbocycles. The number of rotatable bonds is 4. The summed E-state index contributed by atoms with van der Waals surface area (Å²) in [5.74, 6) is 1.67. The van der Waals surface area contributed by atoms with Gasteiger partial charge in [0.2, 0.25) is 0 Å². The summed E-state index contributed by atoms with van der Waals surface area (Å²) in [4.78, 5) is 14.7. The lowest BCUT2D eigenvalue weighted by Crippen LogP contribution is -2.46.